The third-order valence-electron chi connectivity index (χ3n) is 2.82. The van der Waals surface area contributed by atoms with Gasteiger partial charge in [-0.25, -0.2) is 0 Å². The van der Waals surface area contributed by atoms with E-state index in [0.29, 0.717) is 5.92 Å². The summed E-state index contributed by atoms with van der Waals surface area (Å²) in [5.41, 5.74) is 1.34. The molecule has 0 radical (unpaired) electrons. The Bertz CT molecular complexity index is 236. The highest BCUT2D eigenvalue weighted by atomic mass is 14.6. The standard InChI is InChI=1S/C15H27N/c1-5-7-9-10-11-14(3)15(13-16-4)12-8-6-2/h6,8,12-14H,5,7,9-11H2,1-4H3/b8-6-,15-12+,16-13?. The Kier molecular flexibility index (Phi) is 10.1. The molecule has 0 N–H and O–H groups in total. The third kappa shape index (κ3) is 7.44. The van der Waals surface area contributed by atoms with Crippen LogP contribution in [-0.4, -0.2) is 13.3 Å². The van der Waals surface area contributed by atoms with Crippen LogP contribution in [0.15, 0.2) is 28.8 Å². The minimum atomic E-state index is 0.622. The van der Waals surface area contributed by atoms with E-state index < -0.39 is 0 Å². The zero-order valence-electron chi connectivity index (χ0n) is 11.4. The molecule has 0 amide bonds. The molecule has 0 heterocycles. The fourth-order valence-corrected chi connectivity index (χ4v) is 1.73. The lowest BCUT2D eigenvalue weighted by atomic mass is 9.95. The summed E-state index contributed by atoms with van der Waals surface area (Å²) in [5, 5.41) is 0. The van der Waals surface area contributed by atoms with Gasteiger partial charge in [0.15, 0.2) is 0 Å². The van der Waals surface area contributed by atoms with Crippen molar-refractivity contribution in [3.8, 4) is 0 Å². The van der Waals surface area contributed by atoms with Crippen molar-refractivity contribution in [1.82, 2.24) is 0 Å². The molecule has 0 aromatic carbocycles. The number of nitrogens with zero attached hydrogens (tertiary/aromatic N) is 1. The lowest BCUT2D eigenvalue weighted by Crippen LogP contribution is -2.01. The van der Waals surface area contributed by atoms with Crippen LogP contribution < -0.4 is 0 Å². The van der Waals surface area contributed by atoms with E-state index >= 15 is 0 Å². The molecule has 0 aliphatic heterocycles. The fourth-order valence-electron chi connectivity index (χ4n) is 1.73. The van der Waals surface area contributed by atoms with E-state index in [0.717, 1.165) is 0 Å². The highest BCUT2D eigenvalue weighted by Gasteiger charge is 2.05. The van der Waals surface area contributed by atoms with Crippen molar-refractivity contribution in [3.05, 3.63) is 23.8 Å². The summed E-state index contributed by atoms with van der Waals surface area (Å²) in [4.78, 5) is 4.13. The average molecular weight is 221 g/mol. The number of aliphatic imine (C=N–C) groups is 1. The molecule has 0 aliphatic carbocycles. The zero-order valence-corrected chi connectivity index (χ0v) is 11.4. The van der Waals surface area contributed by atoms with E-state index in [1.807, 2.05) is 20.2 Å². The van der Waals surface area contributed by atoms with Crippen molar-refractivity contribution in [1.29, 1.82) is 0 Å². The van der Waals surface area contributed by atoms with E-state index in [2.05, 4.69) is 37.1 Å². The van der Waals surface area contributed by atoms with Gasteiger partial charge < -0.3 is 0 Å². The van der Waals surface area contributed by atoms with Gasteiger partial charge in [0.1, 0.15) is 0 Å². The predicted molar refractivity (Wildman–Crippen MR) is 75.2 cm³/mol. The second-order valence-corrected chi connectivity index (χ2v) is 4.33. The van der Waals surface area contributed by atoms with Crippen LogP contribution in [0, 0.1) is 5.92 Å². The monoisotopic (exact) mass is 221 g/mol. The van der Waals surface area contributed by atoms with Gasteiger partial charge in [-0.1, -0.05) is 57.8 Å². The van der Waals surface area contributed by atoms with Crippen molar-refractivity contribution >= 4 is 6.21 Å². The van der Waals surface area contributed by atoms with Crippen molar-refractivity contribution in [2.24, 2.45) is 10.9 Å². The molecule has 0 fully saturated rings. The van der Waals surface area contributed by atoms with Gasteiger partial charge in [-0.05, 0) is 24.8 Å². The van der Waals surface area contributed by atoms with Crippen molar-refractivity contribution in [2.45, 2.75) is 52.9 Å². The van der Waals surface area contributed by atoms with Gasteiger partial charge in [0.25, 0.3) is 0 Å². The van der Waals surface area contributed by atoms with Gasteiger partial charge >= 0.3 is 0 Å². The first kappa shape index (κ1) is 15.2. The fraction of sp³-hybridized carbons (Fsp3) is 0.667. The molecule has 0 aromatic heterocycles. The predicted octanol–water partition coefficient (Wildman–Crippen LogP) is 4.80. The van der Waals surface area contributed by atoms with Gasteiger partial charge in [-0.3, -0.25) is 4.99 Å². The topological polar surface area (TPSA) is 12.4 Å². The number of hydrogen-bond donors (Lipinski definition) is 0. The summed E-state index contributed by atoms with van der Waals surface area (Å²) >= 11 is 0. The minimum Gasteiger partial charge on any atom is -0.296 e. The lowest BCUT2D eigenvalue weighted by molar-refractivity contribution is 0.553. The van der Waals surface area contributed by atoms with Crippen LogP contribution in [0.25, 0.3) is 0 Å². The van der Waals surface area contributed by atoms with Crippen molar-refractivity contribution < 1.29 is 0 Å². The molecular weight excluding hydrogens is 194 g/mol. The molecule has 0 aromatic rings. The number of rotatable bonds is 8. The van der Waals surface area contributed by atoms with Gasteiger partial charge in [0.2, 0.25) is 0 Å². The van der Waals surface area contributed by atoms with Crippen LogP contribution >= 0.6 is 0 Å². The second-order valence-electron chi connectivity index (χ2n) is 4.33. The molecule has 92 valence electrons. The summed E-state index contributed by atoms with van der Waals surface area (Å²) in [6.07, 6.45) is 15.0. The Balaban J connectivity index is 4.12. The van der Waals surface area contributed by atoms with Crippen LogP contribution in [0.5, 0.6) is 0 Å². The van der Waals surface area contributed by atoms with Crippen molar-refractivity contribution in [2.75, 3.05) is 7.05 Å². The zero-order chi connectivity index (χ0) is 12.2. The molecule has 1 atom stereocenters. The normalized spacial score (nSPS) is 15.1. The van der Waals surface area contributed by atoms with Crippen molar-refractivity contribution in [3.63, 3.8) is 0 Å². The highest BCUT2D eigenvalue weighted by molar-refractivity contribution is 5.79. The molecule has 0 rings (SSSR count). The summed E-state index contributed by atoms with van der Waals surface area (Å²) in [5.74, 6) is 0.622. The smallest absolute Gasteiger partial charge is 0.0277 e. The van der Waals surface area contributed by atoms with E-state index in [9.17, 15) is 0 Å². The largest absolute Gasteiger partial charge is 0.296 e. The molecule has 0 aliphatic rings. The first-order valence-corrected chi connectivity index (χ1v) is 6.51. The summed E-state index contributed by atoms with van der Waals surface area (Å²) in [6, 6.07) is 0. The van der Waals surface area contributed by atoms with Gasteiger partial charge in [0.05, 0.1) is 0 Å². The molecule has 16 heavy (non-hydrogen) atoms. The average Bonchev–Trinajstić information content (AvgIpc) is 2.29. The first-order valence-electron chi connectivity index (χ1n) is 6.51. The van der Waals surface area contributed by atoms with Gasteiger partial charge in [0, 0.05) is 13.3 Å². The molecule has 0 saturated heterocycles. The van der Waals surface area contributed by atoms with E-state index in [4.69, 9.17) is 0 Å². The van der Waals surface area contributed by atoms with Crippen LogP contribution in [0.1, 0.15) is 52.9 Å². The SMILES string of the molecule is C/C=C\C=C(/C=NC)C(C)CCCCCC. The summed E-state index contributed by atoms with van der Waals surface area (Å²) in [7, 11) is 1.84. The Morgan fingerprint density at radius 2 is 2.00 bits per heavy atom. The lowest BCUT2D eigenvalue weighted by Gasteiger charge is -2.11. The minimum absolute atomic E-state index is 0.622. The molecule has 0 saturated carbocycles. The number of hydrogen-bond acceptors (Lipinski definition) is 1. The Labute approximate surface area is 101 Å². The second kappa shape index (κ2) is 10.7. The maximum Gasteiger partial charge on any atom is 0.0277 e. The van der Waals surface area contributed by atoms with Gasteiger partial charge in [-0.2, -0.15) is 0 Å². The first-order chi connectivity index (χ1) is 7.76. The van der Waals surface area contributed by atoms with E-state index in [-0.39, 0.29) is 0 Å². The molecule has 1 unspecified atom stereocenters. The number of allylic oxidation sites excluding steroid dienone is 4. The summed E-state index contributed by atoms with van der Waals surface area (Å²) in [6.45, 7) is 6.59. The quantitative estimate of drug-likeness (QED) is 0.317. The Hall–Kier alpha value is -0.850. The van der Waals surface area contributed by atoms with Gasteiger partial charge in [-0.15, -0.1) is 0 Å². The molecule has 1 heteroatoms. The summed E-state index contributed by atoms with van der Waals surface area (Å²) < 4.78 is 0. The van der Waals surface area contributed by atoms with Crippen LogP contribution in [0.2, 0.25) is 0 Å². The number of unbranched alkanes of at least 4 members (excludes halogenated alkanes) is 3. The van der Waals surface area contributed by atoms with Crippen LogP contribution in [0.4, 0.5) is 0 Å². The molecule has 1 nitrogen and oxygen atoms in total. The Morgan fingerprint density at radius 3 is 2.56 bits per heavy atom. The molecule has 0 bridgehead atoms. The van der Waals surface area contributed by atoms with E-state index in [1.165, 1.54) is 37.7 Å². The maximum atomic E-state index is 4.13. The van der Waals surface area contributed by atoms with Crippen LogP contribution in [0.3, 0.4) is 0 Å². The third-order valence-corrected chi connectivity index (χ3v) is 2.82. The molecular formula is C15H27N. The molecule has 0 spiro atoms. The Morgan fingerprint density at radius 1 is 1.25 bits per heavy atom. The van der Waals surface area contributed by atoms with Crippen LogP contribution in [-0.2, 0) is 0 Å². The maximum absolute atomic E-state index is 4.13. The highest BCUT2D eigenvalue weighted by Crippen LogP contribution is 2.17. The van der Waals surface area contributed by atoms with E-state index in [1.54, 1.807) is 0 Å².